The number of carbonyl (C=O) groups excluding carboxylic acids is 1. The lowest BCUT2D eigenvalue weighted by molar-refractivity contribution is -0.137. The summed E-state index contributed by atoms with van der Waals surface area (Å²) in [5.41, 5.74) is 0.982. The van der Waals surface area contributed by atoms with Crippen molar-refractivity contribution in [1.82, 2.24) is 5.32 Å². The van der Waals surface area contributed by atoms with Gasteiger partial charge in [0.2, 0.25) is 0 Å². The molecule has 1 amide bonds. The molecule has 2 N–H and O–H groups in total. The van der Waals surface area contributed by atoms with Gasteiger partial charge in [-0.3, -0.25) is 9.59 Å². The first-order chi connectivity index (χ1) is 16.3. The van der Waals surface area contributed by atoms with Gasteiger partial charge in [-0.2, -0.15) is 0 Å². The van der Waals surface area contributed by atoms with Gasteiger partial charge in [0.05, 0.1) is 0 Å². The van der Waals surface area contributed by atoms with Crippen LogP contribution in [-0.2, 0) is 4.79 Å². The van der Waals surface area contributed by atoms with Crippen LogP contribution in [0.25, 0.3) is 0 Å². The van der Waals surface area contributed by atoms with Crippen LogP contribution in [0.1, 0.15) is 62.7 Å². The number of rotatable bonds is 10. The van der Waals surface area contributed by atoms with E-state index in [1.807, 2.05) is 42.5 Å². The minimum absolute atomic E-state index is 0.0119. The van der Waals surface area contributed by atoms with Crippen LogP contribution >= 0.6 is 11.8 Å². The van der Waals surface area contributed by atoms with Gasteiger partial charge in [0.25, 0.3) is 5.91 Å². The summed E-state index contributed by atoms with van der Waals surface area (Å²) < 4.78 is 0. The number of carbonyl (C=O) groups is 2. The normalized spacial score (nSPS) is 25.0. The monoisotopic (exact) mass is 477 g/mol. The average molecular weight is 478 g/mol. The molecule has 3 aliphatic carbocycles. The van der Waals surface area contributed by atoms with Crippen molar-refractivity contribution >= 4 is 23.6 Å². The van der Waals surface area contributed by atoms with E-state index >= 15 is 0 Å². The molecule has 0 heterocycles. The van der Waals surface area contributed by atoms with Crippen molar-refractivity contribution in [2.75, 3.05) is 0 Å². The number of unbranched alkanes of at least 4 members (excludes halogenated alkanes) is 1. The molecule has 3 fully saturated rings. The predicted molar refractivity (Wildman–Crippen MR) is 137 cm³/mol. The van der Waals surface area contributed by atoms with E-state index in [4.69, 9.17) is 5.11 Å². The third-order valence-electron chi connectivity index (χ3n) is 7.84. The fourth-order valence-corrected chi connectivity index (χ4v) is 6.50. The van der Waals surface area contributed by atoms with Gasteiger partial charge in [-0.25, -0.2) is 0 Å². The molecule has 0 aromatic heterocycles. The summed E-state index contributed by atoms with van der Waals surface area (Å²) in [6.07, 6.45) is 9.26. The summed E-state index contributed by atoms with van der Waals surface area (Å²) in [5.74, 6) is 0.943. The number of hydrogen-bond acceptors (Lipinski definition) is 3. The first-order valence-corrected chi connectivity index (χ1v) is 13.2. The third-order valence-corrected chi connectivity index (χ3v) is 8.85. The van der Waals surface area contributed by atoms with Crippen molar-refractivity contribution in [3.63, 3.8) is 0 Å². The quantitative estimate of drug-likeness (QED) is 0.291. The highest BCUT2D eigenvalue weighted by Crippen LogP contribution is 2.61. The predicted octanol–water partition coefficient (Wildman–Crippen LogP) is 6.82. The maximum absolute atomic E-state index is 13.2. The van der Waals surface area contributed by atoms with Gasteiger partial charge in [0.15, 0.2) is 0 Å². The molecule has 0 spiro atoms. The summed E-state index contributed by atoms with van der Waals surface area (Å²) in [6.45, 7) is 4.69. The van der Waals surface area contributed by atoms with E-state index in [1.165, 1.54) is 11.3 Å². The van der Waals surface area contributed by atoms with Crippen LogP contribution in [-0.4, -0.2) is 23.0 Å². The highest BCUT2D eigenvalue weighted by atomic mass is 32.2. The van der Waals surface area contributed by atoms with Gasteiger partial charge in [-0.1, -0.05) is 56.0 Å². The van der Waals surface area contributed by atoms with E-state index in [0.717, 1.165) is 30.1 Å². The van der Waals surface area contributed by atoms with Crippen molar-refractivity contribution in [2.24, 2.45) is 23.2 Å². The summed E-state index contributed by atoms with van der Waals surface area (Å²) in [7, 11) is 0. The van der Waals surface area contributed by atoms with Crippen LogP contribution in [0.5, 0.6) is 0 Å². The number of carboxylic acids is 1. The van der Waals surface area contributed by atoms with Gasteiger partial charge >= 0.3 is 5.97 Å². The minimum Gasteiger partial charge on any atom is -0.481 e. The van der Waals surface area contributed by atoms with Gasteiger partial charge in [-0.15, -0.1) is 0 Å². The first kappa shape index (κ1) is 24.6. The molecule has 5 rings (SSSR count). The topological polar surface area (TPSA) is 66.4 Å². The number of amides is 1. The molecule has 0 saturated heterocycles. The molecule has 4 atom stereocenters. The number of nitrogens with one attached hydrogen (secondary N) is 1. The zero-order valence-electron chi connectivity index (χ0n) is 20.1. The minimum atomic E-state index is -0.738. The van der Waals surface area contributed by atoms with Crippen LogP contribution in [0.3, 0.4) is 0 Å². The summed E-state index contributed by atoms with van der Waals surface area (Å²) >= 11 is 1.69. The molecule has 2 aromatic carbocycles. The molecule has 3 aliphatic rings. The van der Waals surface area contributed by atoms with E-state index < -0.39 is 5.97 Å². The van der Waals surface area contributed by atoms with Gasteiger partial charge in [-0.05, 0) is 91.7 Å². The second-order valence-corrected chi connectivity index (χ2v) is 11.4. The Labute approximate surface area is 207 Å². The summed E-state index contributed by atoms with van der Waals surface area (Å²) in [5, 5.41) is 12.2. The lowest BCUT2D eigenvalue weighted by Gasteiger charge is -2.62. The number of aliphatic carboxylic acids is 1. The molecule has 5 heteroatoms. The molecule has 0 aliphatic heterocycles. The Balaban J connectivity index is 1.37. The summed E-state index contributed by atoms with van der Waals surface area (Å²) in [6, 6.07) is 18.3. The Bertz CT molecular complexity index is 1020. The van der Waals surface area contributed by atoms with E-state index in [2.05, 4.69) is 43.4 Å². The summed E-state index contributed by atoms with van der Waals surface area (Å²) in [4.78, 5) is 26.2. The van der Waals surface area contributed by atoms with E-state index in [-0.39, 0.29) is 23.8 Å². The van der Waals surface area contributed by atoms with Gasteiger partial charge in [0.1, 0.15) is 0 Å². The molecule has 3 saturated carbocycles. The second-order valence-electron chi connectivity index (χ2n) is 10.3. The van der Waals surface area contributed by atoms with Crippen molar-refractivity contribution in [3.05, 3.63) is 72.3 Å². The molecular formula is C29H35NO3S. The van der Waals surface area contributed by atoms with Crippen molar-refractivity contribution in [2.45, 2.75) is 68.2 Å². The molecular weight excluding hydrogens is 442 g/mol. The third kappa shape index (κ3) is 5.75. The molecule has 2 aromatic rings. The van der Waals surface area contributed by atoms with Crippen LogP contribution in [0.4, 0.5) is 0 Å². The number of benzene rings is 2. The number of fused-ring (bicyclic) bond motifs is 2. The standard InChI is InChI=1S/C29H35NO3S/c1-29(2)22-18-21(10-6-3-4-9-13-26(31)32)27(25(29)19-22)30-28(33)20-14-16-24(17-15-20)34-23-11-7-5-8-12-23/h3,5-8,11-12,14-17,21-22,25,27H,4,9-10,13,18-19H2,1-2H3,(H,30,33)(H,31,32)/b6-3-/t21-,22+,25+,27+/m0/s1. The van der Waals surface area contributed by atoms with Gasteiger partial charge < -0.3 is 10.4 Å². The fourth-order valence-electron chi connectivity index (χ4n) is 5.66. The second kappa shape index (κ2) is 10.8. The Hall–Kier alpha value is -2.53. The molecule has 0 unspecified atom stereocenters. The Kier molecular flexibility index (Phi) is 7.82. The zero-order chi connectivity index (χ0) is 24.1. The Morgan fingerprint density at radius 3 is 2.41 bits per heavy atom. The first-order valence-electron chi connectivity index (χ1n) is 12.3. The molecule has 180 valence electrons. The van der Waals surface area contributed by atoms with Crippen LogP contribution in [0.15, 0.2) is 76.5 Å². The fraction of sp³-hybridized carbons (Fsp3) is 0.448. The number of carboxylic acid groups (broad SMARTS) is 1. The Morgan fingerprint density at radius 1 is 1.03 bits per heavy atom. The highest BCUT2D eigenvalue weighted by molar-refractivity contribution is 7.99. The molecule has 4 nitrogen and oxygen atoms in total. The van der Waals surface area contributed by atoms with Crippen LogP contribution in [0.2, 0.25) is 0 Å². The maximum Gasteiger partial charge on any atom is 0.303 e. The van der Waals surface area contributed by atoms with Crippen molar-refractivity contribution < 1.29 is 14.7 Å². The lowest BCUT2D eigenvalue weighted by atomic mass is 9.44. The van der Waals surface area contributed by atoms with Gasteiger partial charge in [0, 0.05) is 27.8 Å². The van der Waals surface area contributed by atoms with Crippen LogP contribution in [0, 0.1) is 23.2 Å². The average Bonchev–Trinajstić information content (AvgIpc) is 2.82. The smallest absolute Gasteiger partial charge is 0.303 e. The highest BCUT2D eigenvalue weighted by Gasteiger charge is 2.57. The van der Waals surface area contributed by atoms with Crippen LogP contribution < -0.4 is 5.32 Å². The molecule has 2 bridgehead atoms. The van der Waals surface area contributed by atoms with Crippen molar-refractivity contribution in [1.29, 1.82) is 0 Å². The van der Waals surface area contributed by atoms with Crippen molar-refractivity contribution in [3.8, 4) is 0 Å². The molecule has 34 heavy (non-hydrogen) atoms. The number of allylic oxidation sites excluding steroid dienone is 2. The van der Waals surface area contributed by atoms with E-state index in [0.29, 0.717) is 23.8 Å². The lowest BCUT2D eigenvalue weighted by Crippen LogP contribution is -2.63. The maximum atomic E-state index is 13.2. The Morgan fingerprint density at radius 2 is 1.74 bits per heavy atom. The SMILES string of the molecule is CC1(C)[C@@H]2C[C@H](C/C=C\CCCC(=O)O)[C@@H](NC(=O)c3ccc(Sc4ccccc4)cc3)[C@H]1C2. The van der Waals surface area contributed by atoms with E-state index in [9.17, 15) is 9.59 Å². The largest absolute Gasteiger partial charge is 0.481 e. The van der Waals surface area contributed by atoms with E-state index in [1.54, 1.807) is 11.8 Å². The molecule has 0 radical (unpaired) electrons. The number of hydrogen-bond donors (Lipinski definition) is 2. The zero-order valence-corrected chi connectivity index (χ0v) is 20.9.